The van der Waals surface area contributed by atoms with Gasteiger partial charge in [-0.15, -0.1) is 0 Å². The number of nitrogens with one attached hydrogen (secondary N) is 1. The van der Waals surface area contributed by atoms with Gasteiger partial charge in [0.25, 0.3) is 5.91 Å². The van der Waals surface area contributed by atoms with Gasteiger partial charge in [0, 0.05) is 13.0 Å². The zero-order valence-corrected chi connectivity index (χ0v) is 14.1. The smallest absolute Gasteiger partial charge is 0.287 e. The number of aryl methyl sites for hydroxylation is 1. The van der Waals surface area contributed by atoms with Crippen LogP contribution >= 0.6 is 0 Å². The highest BCUT2D eigenvalue weighted by Crippen LogP contribution is 2.22. The van der Waals surface area contributed by atoms with Gasteiger partial charge >= 0.3 is 0 Å². The van der Waals surface area contributed by atoms with Crippen LogP contribution in [0.2, 0.25) is 0 Å². The molecule has 0 radical (unpaired) electrons. The van der Waals surface area contributed by atoms with Crippen molar-refractivity contribution in [2.24, 2.45) is 0 Å². The third kappa shape index (κ3) is 4.36. The van der Waals surface area contributed by atoms with Gasteiger partial charge in [0.15, 0.2) is 5.76 Å². The van der Waals surface area contributed by atoms with Crippen LogP contribution in [0.3, 0.4) is 0 Å². The van der Waals surface area contributed by atoms with E-state index in [4.69, 9.17) is 9.15 Å². The van der Waals surface area contributed by atoms with Crippen LogP contribution in [0.15, 0.2) is 40.8 Å². The lowest BCUT2D eigenvalue weighted by Gasteiger charge is -2.25. The molecule has 0 bridgehead atoms. The molecule has 23 heavy (non-hydrogen) atoms. The summed E-state index contributed by atoms with van der Waals surface area (Å²) in [5, 5.41) is 2.94. The number of hydrogen-bond donors (Lipinski definition) is 1. The van der Waals surface area contributed by atoms with Crippen molar-refractivity contribution < 1.29 is 13.9 Å². The van der Waals surface area contributed by atoms with Crippen molar-refractivity contribution in [1.82, 2.24) is 10.2 Å². The van der Waals surface area contributed by atoms with E-state index in [0.29, 0.717) is 12.3 Å². The highest BCUT2D eigenvalue weighted by molar-refractivity contribution is 5.91. The van der Waals surface area contributed by atoms with E-state index in [1.165, 1.54) is 0 Å². The number of benzene rings is 1. The molecule has 1 unspecified atom stereocenters. The Morgan fingerprint density at radius 1 is 1.30 bits per heavy atom. The van der Waals surface area contributed by atoms with Crippen LogP contribution in [-0.2, 0) is 6.42 Å². The summed E-state index contributed by atoms with van der Waals surface area (Å²) in [6, 6.07) is 11.5. The van der Waals surface area contributed by atoms with Crippen LogP contribution in [-0.4, -0.2) is 38.6 Å². The Morgan fingerprint density at radius 2 is 2.09 bits per heavy atom. The lowest BCUT2D eigenvalue weighted by molar-refractivity contribution is 0.0912. The molecule has 5 nitrogen and oxygen atoms in total. The molecule has 1 amide bonds. The van der Waals surface area contributed by atoms with Crippen LogP contribution in [0.25, 0.3) is 0 Å². The second-order valence-corrected chi connectivity index (χ2v) is 5.59. The third-order valence-electron chi connectivity index (χ3n) is 3.79. The number of ether oxygens (including phenoxy) is 1. The molecule has 2 aromatic rings. The second-order valence-electron chi connectivity index (χ2n) is 5.59. The number of rotatable bonds is 7. The Hall–Kier alpha value is -2.27. The lowest BCUT2D eigenvalue weighted by Crippen LogP contribution is -2.34. The summed E-state index contributed by atoms with van der Waals surface area (Å²) in [5.41, 5.74) is 1.09. The van der Waals surface area contributed by atoms with Crippen molar-refractivity contribution in [2.75, 3.05) is 27.7 Å². The van der Waals surface area contributed by atoms with Crippen molar-refractivity contribution in [2.45, 2.75) is 19.4 Å². The number of amides is 1. The Kier molecular flexibility index (Phi) is 5.82. The van der Waals surface area contributed by atoms with Gasteiger partial charge in [-0.05, 0) is 43.9 Å². The Balaban J connectivity index is 2.06. The number of carbonyl (C=O) groups excluding carboxylic acids is 1. The van der Waals surface area contributed by atoms with Crippen LogP contribution in [0.1, 0.15) is 34.8 Å². The molecule has 5 heteroatoms. The Labute approximate surface area is 137 Å². The molecule has 1 aromatic heterocycles. The first-order chi connectivity index (χ1) is 11.0. The first-order valence-corrected chi connectivity index (χ1v) is 7.72. The fourth-order valence-electron chi connectivity index (χ4n) is 2.41. The molecule has 0 spiro atoms. The number of methoxy groups -OCH3 is 1. The fraction of sp³-hybridized carbons (Fsp3) is 0.389. The topological polar surface area (TPSA) is 54.7 Å². The lowest BCUT2D eigenvalue weighted by atomic mass is 10.1. The van der Waals surface area contributed by atoms with E-state index in [0.717, 1.165) is 23.5 Å². The number of hydrogen-bond acceptors (Lipinski definition) is 4. The first kappa shape index (κ1) is 17.1. The zero-order chi connectivity index (χ0) is 16.8. The summed E-state index contributed by atoms with van der Waals surface area (Å²) in [6.07, 6.45) is 0.775. The molecule has 1 N–H and O–H groups in total. The van der Waals surface area contributed by atoms with Crippen molar-refractivity contribution in [3.8, 4) is 5.75 Å². The van der Waals surface area contributed by atoms with Crippen LogP contribution < -0.4 is 10.1 Å². The minimum absolute atomic E-state index is 0.0506. The number of furan rings is 1. The molecule has 0 saturated carbocycles. The molecular formula is C18H24N2O3. The summed E-state index contributed by atoms with van der Waals surface area (Å²) >= 11 is 0. The highest BCUT2D eigenvalue weighted by atomic mass is 16.5. The molecule has 1 heterocycles. The number of carbonyl (C=O) groups is 1. The summed E-state index contributed by atoms with van der Waals surface area (Å²) in [6.45, 7) is 2.48. The van der Waals surface area contributed by atoms with Gasteiger partial charge in [-0.3, -0.25) is 4.79 Å². The molecule has 0 saturated heterocycles. The zero-order valence-electron chi connectivity index (χ0n) is 14.1. The minimum Gasteiger partial charge on any atom is -0.497 e. The van der Waals surface area contributed by atoms with E-state index in [2.05, 4.69) is 10.2 Å². The molecule has 1 aromatic carbocycles. The summed E-state index contributed by atoms with van der Waals surface area (Å²) < 4.78 is 10.8. The van der Waals surface area contributed by atoms with E-state index >= 15 is 0 Å². The van der Waals surface area contributed by atoms with Gasteiger partial charge in [0.2, 0.25) is 0 Å². The Morgan fingerprint density at radius 3 is 2.70 bits per heavy atom. The van der Waals surface area contributed by atoms with Crippen LogP contribution in [0.4, 0.5) is 0 Å². The standard InChI is InChI=1S/C18H24N2O3/c1-5-14-9-10-17(23-14)18(21)19-12-16(20(2)3)13-7-6-8-15(11-13)22-4/h6-11,16H,5,12H2,1-4H3,(H,19,21). The molecule has 2 rings (SSSR count). The van der Waals surface area contributed by atoms with E-state index in [1.807, 2.05) is 51.4 Å². The van der Waals surface area contributed by atoms with Gasteiger partial charge < -0.3 is 19.4 Å². The van der Waals surface area contributed by atoms with E-state index < -0.39 is 0 Å². The summed E-state index contributed by atoms with van der Waals surface area (Å²) in [7, 11) is 5.62. The molecule has 0 aliphatic carbocycles. The van der Waals surface area contributed by atoms with Crippen molar-refractivity contribution in [3.05, 3.63) is 53.5 Å². The van der Waals surface area contributed by atoms with E-state index in [9.17, 15) is 4.79 Å². The quantitative estimate of drug-likeness (QED) is 0.853. The largest absolute Gasteiger partial charge is 0.497 e. The molecule has 0 fully saturated rings. The van der Waals surface area contributed by atoms with Gasteiger partial charge in [0.05, 0.1) is 13.2 Å². The average Bonchev–Trinajstić information content (AvgIpc) is 3.04. The van der Waals surface area contributed by atoms with Crippen molar-refractivity contribution >= 4 is 5.91 Å². The maximum Gasteiger partial charge on any atom is 0.287 e. The molecule has 124 valence electrons. The van der Waals surface area contributed by atoms with Gasteiger partial charge in [-0.25, -0.2) is 0 Å². The second kappa shape index (κ2) is 7.83. The number of nitrogens with zero attached hydrogens (tertiary/aromatic N) is 1. The summed E-state index contributed by atoms with van der Waals surface area (Å²) in [4.78, 5) is 14.3. The summed E-state index contributed by atoms with van der Waals surface area (Å²) in [5.74, 6) is 1.77. The average molecular weight is 316 g/mol. The van der Waals surface area contributed by atoms with Crippen LogP contribution in [0.5, 0.6) is 5.75 Å². The van der Waals surface area contributed by atoms with E-state index in [1.54, 1.807) is 13.2 Å². The van der Waals surface area contributed by atoms with Crippen molar-refractivity contribution in [1.29, 1.82) is 0 Å². The first-order valence-electron chi connectivity index (χ1n) is 7.72. The minimum atomic E-state index is -0.195. The van der Waals surface area contributed by atoms with Gasteiger partial charge in [0.1, 0.15) is 11.5 Å². The monoisotopic (exact) mass is 316 g/mol. The maximum atomic E-state index is 12.2. The maximum absolute atomic E-state index is 12.2. The Bertz CT molecular complexity index is 649. The molecule has 0 aliphatic rings. The normalized spacial score (nSPS) is 12.2. The van der Waals surface area contributed by atoms with E-state index in [-0.39, 0.29) is 11.9 Å². The predicted octanol–water partition coefficient (Wildman–Crippen LogP) is 2.88. The molecule has 0 aliphatic heterocycles. The third-order valence-corrected chi connectivity index (χ3v) is 3.79. The van der Waals surface area contributed by atoms with Crippen molar-refractivity contribution in [3.63, 3.8) is 0 Å². The molecular weight excluding hydrogens is 292 g/mol. The SMILES string of the molecule is CCc1ccc(C(=O)NCC(c2cccc(OC)c2)N(C)C)o1. The predicted molar refractivity (Wildman–Crippen MR) is 89.8 cm³/mol. The van der Waals surface area contributed by atoms with Crippen LogP contribution in [0, 0.1) is 0 Å². The fourth-order valence-corrected chi connectivity index (χ4v) is 2.41. The van der Waals surface area contributed by atoms with Gasteiger partial charge in [-0.1, -0.05) is 19.1 Å². The molecule has 1 atom stereocenters. The number of likely N-dealkylation sites (N-methyl/N-ethyl adjacent to an activating group) is 1. The van der Waals surface area contributed by atoms with Gasteiger partial charge in [-0.2, -0.15) is 0 Å². The highest BCUT2D eigenvalue weighted by Gasteiger charge is 2.18.